The average molecular weight is 443 g/mol. The summed E-state index contributed by atoms with van der Waals surface area (Å²) in [6, 6.07) is 9.26. The first-order valence-electron chi connectivity index (χ1n) is 10.7. The molecule has 0 bridgehead atoms. The molecule has 1 unspecified atom stereocenters. The molecule has 0 aliphatic heterocycles. The third kappa shape index (κ3) is 5.94. The number of aliphatic carboxylic acids is 1. The molecule has 31 heavy (non-hydrogen) atoms. The van der Waals surface area contributed by atoms with Gasteiger partial charge < -0.3 is 15.7 Å². The molecule has 0 fully saturated rings. The molecule has 166 valence electrons. The van der Waals surface area contributed by atoms with Crippen LogP contribution in [0.25, 0.3) is 0 Å². The van der Waals surface area contributed by atoms with E-state index in [2.05, 4.69) is 31.4 Å². The zero-order valence-corrected chi connectivity index (χ0v) is 19.1. The minimum atomic E-state index is -0.921. The van der Waals surface area contributed by atoms with Crippen LogP contribution in [0.3, 0.4) is 0 Å². The number of fused-ring (bicyclic) bond motifs is 1. The normalized spacial score (nSPS) is 15.8. The van der Waals surface area contributed by atoms with Gasteiger partial charge in [0.1, 0.15) is 5.00 Å². The molecule has 2 aromatic rings. The molecule has 0 radical (unpaired) electrons. The van der Waals surface area contributed by atoms with E-state index in [0.717, 1.165) is 29.7 Å². The number of anilines is 2. The third-order valence-corrected chi connectivity index (χ3v) is 6.97. The van der Waals surface area contributed by atoms with Crippen LogP contribution in [0.1, 0.15) is 67.3 Å². The van der Waals surface area contributed by atoms with Gasteiger partial charge in [-0.1, -0.05) is 39.0 Å². The maximum absolute atomic E-state index is 13.2. The van der Waals surface area contributed by atoms with Crippen LogP contribution in [-0.4, -0.2) is 22.9 Å². The highest BCUT2D eigenvalue weighted by molar-refractivity contribution is 7.17. The quantitative estimate of drug-likeness (QED) is 0.539. The summed E-state index contributed by atoms with van der Waals surface area (Å²) in [4.78, 5) is 37.5. The number of carboxylic acids is 1. The lowest BCUT2D eigenvalue weighted by atomic mass is 9.72. The fraction of sp³-hybridized carbons (Fsp3) is 0.458. The molecule has 1 heterocycles. The summed E-state index contributed by atoms with van der Waals surface area (Å²) in [6.07, 6.45) is 3.03. The SMILES string of the molecule is CC(C)(C)C1CCc2c(sc(NC(=O)CCCC(=O)O)c2C(=O)Nc2ccccc2)C1. The van der Waals surface area contributed by atoms with Crippen molar-refractivity contribution in [1.82, 2.24) is 0 Å². The highest BCUT2D eigenvalue weighted by atomic mass is 32.1. The predicted molar refractivity (Wildman–Crippen MR) is 124 cm³/mol. The smallest absolute Gasteiger partial charge is 0.303 e. The van der Waals surface area contributed by atoms with E-state index in [1.165, 1.54) is 11.3 Å². The zero-order valence-electron chi connectivity index (χ0n) is 18.3. The number of nitrogens with one attached hydrogen (secondary N) is 2. The summed E-state index contributed by atoms with van der Waals surface area (Å²) < 4.78 is 0. The molecule has 6 nitrogen and oxygen atoms in total. The van der Waals surface area contributed by atoms with Crippen LogP contribution in [0, 0.1) is 11.3 Å². The Hall–Kier alpha value is -2.67. The van der Waals surface area contributed by atoms with Crippen LogP contribution in [-0.2, 0) is 22.4 Å². The Morgan fingerprint density at radius 1 is 1.10 bits per heavy atom. The van der Waals surface area contributed by atoms with Crippen molar-refractivity contribution in [2.45, 2.75) is 59.3 Å². The van der Waals surface area contributed by atoms with Gasteiger partial charge in [-0.3, -0.25) is 14.4 Å². The molecule has 0 saturated carbocycles. The molecule has 3 rings (SSSR count). The molecule has 1 aromatic heterocycles. The largest absolute Gasteiger partial charge is 0.481 e. The molecule has 3 N–H and O–H groups in total. The van der Waals surface area contributed by atoms with E-state index in [1.807, 2.05) is 30.3 Å². The van der Waals surface area contributed by atoms with E-state index in [1.54, 1.807) is 0 Å². The number of carbonyl (C=O) groups is 3. The number of hydrogen-bond donors (Lipinski definition) is 3. The Labute approximate surface area is 187 Å². The molecule has 1 aliphatic carbocycles. The Bertz CT molecular complexity index is 960. The summed E-state index contributed by atoms with van der Waals surface area (Å²) in [5, 5.41) is 15.2. The Morgan fingerprint density at radius 3 is 2.45 bits per heavy atom. The van der Waals surface area contributed by atoms with Gasteiger partial charge in [-0.25, -0.2) is 0 Å². The topological polar surface area (TPSA) is 95.5 Å². The summed E-state index contributed by atoms with van der Waals surface area (Å²) in [5.74, 6) is -0.891. The molecule has 7 heteroatoms. The number of carbonyl (C=O) groups excluding carboxylic acids is 2. The lowest BCUT2D eigenvalue weighted by Gasteiger charge is -2.33. The van der Waals surface area contributed by atoms with Crippen LogP contribution in [0.15, 0.2) is 30.3 Å². The van der Waals surface area contributed by atoms with Crippen molar-refractivity contribution in [3.63, 3.8) is 0 Å². The van der Waals surface area contributed by atoms with Crippen LogP contribution in [0.5, 0.6) is 0 Å². The summed E-state index contributed by atoms with van der Waals surface area (Å²) >= 11 is 1.48. The van der Waals surface area contributed by atoms with Crippen molar-refractivity contribution < 1.29 is 19.5 Å². The van der Waals surface area contributed by atoms with Crippen molar-refractivity contribution in [1.29, 1.82) is 0 Å². The van der Waals surface area contributed by atoms with Gasteiger partial charge >= 0.3 is 5.97 Å². The van der Waals surface area contributed by atoms with Gasteiger partial charge in [0.05, 0.1) is 5.56 Å². The number of amides is 2. The minimum absolute atomic E-state index is 0.0526. The third-order valence-electron chi connectivity index (χ3n) is 5.80. The Kier molecular flexibility index (Phi) is 7.15. The van der Waals surface area contributed by atoms with E-state index in [-0.39, 0.29) is 36.5 Å². The minimum Gasteiger partial charge on any atom is -0.481 e. The molecular weight excluding hydrogens is 412 g/mol. The van der Waals surface area contributed by atoms with Crippen LogP contribution < -0.4 is 10.6 Å². The summed E-state index contributed by atoms with van der Waals surface area (Å²) in [5.41, 5.74) is 2.45. The van der Waals surface area contributed by atoms with Gasteiger partial charge in [-0.05, 0) is 54.7 Å². The number of benzene rings is 1. The second kappa shape index (κ2) is 9.64. The standard InChI is InChI=1S/C24H30N2O4S/c1-24(2,3)15-12-13-17-18(14-15)31-23(26-19(27)10-7-11-20(28)29)21(17)22(30)25-16-8-5-4-6-9-16/h4-6,8-9,15H,7,10-14H2,1-3H3,(H,25,30)(H,26,27)(H,28,29). The van der Waals surface area contributed by atoms with Crippen LogP contribution >= 0.6 is 11.3 Å². The number of para-hydroxylation sites is 1. The summed E-state index contributed by atoms with van der Waals surface area (Å²) in [6.45, 7) is 6.72. The Morgan fingerprint density at radius 2 is 1.81 bits per heavy atom. The predicted octanol–water partition coefficient (Wildman–Crippen LogP) is 5.34. The van der Waals surface area contributed by atoms with Gasteiger partial charge in [-0.2, -0.15) is 0 Å². The number of hydrogen-bond acceptors (Lipinski definition) is 4. The highest BCUT2D eigenvalue weighted by Gasteiger charge is 2.34. The molecule has 1 aromatic carbocycles. The van der Waals surface area contributed by atoms with E-state index >= 15 is 0 Å². The molecule has 0 saturated heterocycles. The van der Waals surface area contributed by atoms with Gasteiger partial charge in [0.2, 0.25) is 5.91 Å². The van der Waals surface area contributed by atoms with Gasteiger partial charge in [0, 0.05) is 23.4 Å². The highest BCUT2D eigenvalue weighted by Crippen LogP contribution is 2.44. The maximum atomic E-state index is 13.2. The monoisotopic (exact) mass is 442 g/mol. The first kappa shape index (κ1) is 23.0. The molecular formula is C24H30N2O4S. The fourth-order valence-electron chi connectivity index (χ4n) is 3.96. The maximum Gasteiger partial charge on any atom is 0.303 e. The van der Waals surface area contributed by atoms with E-state index in [4.69, 9.17) is 5.11 Å². The van der Waals surface area contributed by atoms with Crippen molar-refractivity contribution >= 4 is 39.8 Å². The summed E-state index contributed by atoms with van der Waals surface area (Å²) in [7, 11) is 0. The van der Waals surface area contributed by atoms with E-state index in [9.17, 15) is 14.4 Å². The first-order valence-corrected chi connectivity index (χ1v) is 11.5. The molecule has 0 spiro atoms. The second-order valence-corrected chi connectivity index (χ2v) is 10.2. The van der Waals surface area contributed by atoms with Crippen molar-refractivity contribution in [3.05, 3.63) is 46.3 Å². The van der Waals surface area contributed by atoms with E-state index in [0.29, 0.717) is 22.2 Å². The van der Waals surface area contributed by atoms with Crippen molar-refractivity contribution in [2.24, 2.45) is 11.3 Å². The first-order chi connectivity index (χ1) is 14.6. The van der Waals surface area contributed by atoms with Crippen LogP contribution in [0.4, 0.5) is 10.7 Å². The van der Waals surface area contributed by atoms with Gasteiger partial charge in [-0.15, -0.1) is 11.3 Å². The van der Waals surface area contributed by atoms with Crippen molar-refractivity contribution in [3.8, 4) is 0 Å². The average Bonchev–Trinajstić information content (AvgIpc) is 3.04. The van der Waals surface area contributed by atoms with Gasteiger partial charge in [0.25, 0.3) is 5.91 Å². The fourth-order valence-corrected chi connectivity index (χ4v) is 5.30. The lowest BCUT2D eigenvalue weighted by molar-refractivity contribution is -0.137. The molecule has 2 amide bonds. The Balaban J connectivity index is 1.86. The van der Waals surface area contributed by atoms with Gasteiger partial charge in [0.15, 0.2) is 0 Å². The lowest BCUT2D eigenvalue weighted by Crippen LogP contribution is -2.27. The second-order valence-electron chi connectivity index (χ2n) is 9.13. The van der Waals surface area contributed by atoms with Crippen molar-refractivity contribution in [2.75, 3.05) is 10.6 Å². The van der Waals surface area contributed by atoms with Crippen LogP contribution in [0.2, 0.25) is 0 Å². The number of thiophene rings is 1. The number of carboxylic acid groups (broad SMARTS) is 1. The molecule has 1 aliphatic rings. The molecule has 1 atom stereocenters. The van der Waals surface area contributed by atoms with E-state index < -0.39 is 5.97 Å². The zero-order chi connectivity index (χ0) is 22.6. The number of rotatable bonds is 7.